The minimum absolute atomic E-state index is 0. The second-order valence-electron chi connectivity index (χ2n) is 6.74. The van der Waals surface area contributed by atoms with E-state index in [0.717, 1.165) is 33.6 Å². The molecule has 1 heterocycles. The average molecular weight is 605 g/mol. The molecule has 0 aliphatic heterocycles. The van der Waals surface area contributed by atoms with Crippen molar-refractivity contribution in [2.45, 2.75) is 6.42 Å². The van der Waals surface area contributed by atoms with Gasteiger partial charge in [0, 0.05) is 4.47 Å². The van der Waals surface area contributed by atoms with E-state index in [9.17, 15) is 0 Å². The molecule has 0 atom stereocenters. The second-order valence-corrected chi connectivity index (χ2v) is 7.66. The first kappa shape index (κ1) is 26.1. The molecule has 1 nitrogen and oxygen atoms in total. The van der Waals surface area contributed by atoms with Crippen LogP contribution in [-0.2, 0) is 29.1 Å². The Morgan fingerprint density at radius 2 is 1.48 bits per heavy atom. The van der Waals surface area contributed by atoms with Gasteiger partial charge in [-0.15, -0.1) is 45.3 Å². The van der Waals surface area contributed by atoms with Gasteiger partial charge in [-0.3, -0.25) is 0 Å². The monoisotopic (exact) mass is 601 g/mol. The summed E-state index contributed by atoms with van der Waals surface area (Å²) >= 11 is 4.62. The van der Waals surface area contributed by atoms with Gasteiger partial charge in [-0.05, 0) is 24.8 Å². The molecule has 1 aromatic heterocycles. The third kappa shape index (κ3) is 5.61. The molecule has 0 spiro atoms. The summed E-state index contributed by atoms with van der Waals surface area (Å²) in [6, 6.07) is 28.8. The molecule has 31 heavy (non-hydrogen) atoms. The van der Waals surface area contributed by atoms with Crippen molar-refractivity contribution in [1.82, 2.24) is 4.98 Å². The van der Waals surface area contributed by atoms with Gasteiger partial charge < -0.3 is 29.8 Å². The predicted molar refractivity (Wildman–Crippen MR) is 124 cm³/mol. The van der Waals surface area contributed by atoms with Gasteiger partial charge in [-0.2, -0.15) is 0 Å². The Hall–Kier alpha value is -1.16. The van der Waals surface area contributed by atoms with Crippen molar-refractivity contribution in [2.24, 2.45) is 0 Å². The zero-order valence-corrected chi connectivity index (χ0v) is 22.7. The van der Waals surface area contributed by atoms with Crippen molar-refractivity contribution >= 4 is 46.3 Å². The normalized spacial score (nSPS) is 10.4. The van der Waals surface area contributed by atoms with E-state index in [0.29, 0.717) is 0 Å². The number of fused-ring (bicyclic) bond motifs is 6. The molecule has 0 saturated heterocycles. The van der Waals surface area contributed by atoms with E-state index in [1.165, 1.54) is 43.8 Å². The van der Waals surface area contributed by atoms with Gasteiger partial charge in [0.1, 0.15) is 0 Å². The first-order chi connectivity index (χ1) is 14.3. The van der Waals surface area contributed by atoms with Gasteiger partial charge in [-0.1, -0.05) is 75.7 Å². The fraction of sp³-hybridized carbons (Fsp3) is 0.0400. The van der Waals surface area contributed by atoms with Crippen molar-refractivity contribution in [3.8, 4) is 11.1 Å². The minimum Gasteiger partial charge on any atom is -0.126 e. The molecule has 6 heteroatoms. The number of rotatable bonds is 0. The summed E-state index contributed by atoms with van der Waals surface area (Å²) in [5, 5.41) is 5.39. The van der Waals surface area contributed by atoms with Crippen molar-refractivity contribution in [3.63, 3.8) is 0 Å². The van der Waals surface area contributed by atoms with Gasteiger partial charge in [0.05, 0.1) is 0 Å². The standard InChI is InChI=1S/C13H9.C12H7BrN.2ClH.S.Zr/c1-3-7-12-10(5-1)9-11-6-2-4-8-13(11)12;13-10-1-2-11-9(6-10)5-8-3-4-14-7-12(8)11;;;;/h1-9H;1-2,4,6-7H,5H2;2*1H;;/q2*-1;;;;+2/p-2. The third-order valence-electron chi connectivity index (χ3n) is 5.09. The van der Waals surface area contributed by atoms with E-state index in [-0.39, 0.29) is 24.8 Å². The van der Waals surface area contributed by atoms with Crippen molar-refractivity contribution in [3.05, 3.63) is 107 Å². The fourth-order valence-corrected chi connectivity index (χ4v) is 4.24. The van der Waals surface area contributed by atoms with Gasteiger partial charge in [0.25, 0.3) is 0 Å². The van der Waals surface area contributed by atoms with Gasteiger partial charge >= 0.3 is 31.5 Å². The molecule has 0 fully saturated rings. The van der Waals surface area contributed by atoms with Crippen LogP contribution in [0, 0.1) is 6.07 Å². The van der Waals surface area contributed by atoms with Crippen molar-refractivity contribution < 1.29 is 47.5 Å². The molecule has 0 amide bonds. The number of pyridine rings is 1. The Morgan fingerprint density at radius 3 is 2.13 bits per heavy atom. The molecule has 0 bridgehead atoms. The predicted octanol–water partition coefficient (Wildman–Crippen LogP) is 1.58. The maximum atomic E-state index is 4.17. The molecule has 6 rings (SSSR count). The zero-order chi connectivity index (χ0) is 20.2. The summed E-state index contributed by atoms with van der Waals surface area (Å²) in [5.41, 5.74) is 5.15. The van der Waals surface area contributed by atoms with E-state index in [1.807, 2.05) is 6.20 Å². The molecule has 0 saturated carbocycles. The van der Waals surface area contributed by atoms with Crippen LogP contribution < -0.4 is 24.8 Å². The molecule has 0 radical (unpaired) electrons. The van der Waals surface area contributed by atoms with Gasteiger partial charge in [-0.25, -0.2) is 11.6 Å². The number of halogens is 3. The van der Waals surface area contributed by atoms with E-state index >= 15 is 0 Å². The maximum absolute atomic E-state index is 4.17. The molecule has 154 valence electrons. The van der Waals surface area contributed by atoms with Crippen molar-refractivity contribution in [2.75, 3.05) is 0 Å². The van der Waals surface area contributed by atoms with Crippen LogP contribution in [0.1, 0.15) is 11.1 Å². The number of benzene rings is 3. The quantitative estimate of drug-likeness (QED) is 0.245. The third-order valence-corrected chi connectivity index (χ3v) is 5.58. The summed E-state index contributed by atoms with van der Waals surface area (Å²) < 4.78 is 1.14. The Labute approximate surface area is 221 Å². The number of aromatic nitrogens is 1. The largest absolute Gasteiger partial charge is 0.126 e. The molecule has 5 aromatic rings. The smallest absolute Gasteiger partial charge is 0.0771 e. The van der Waals surface area contributed by atoms with Crippen LogP contribution in [0.4, 0.5) is 0 Å². The second kappa shape index (κ2) is 12.2. The molecule has 4 aromatic carbocycles. The Morgan fingerprint density at radius 1 is 0.871 bits per heavy atom. The van der Waals surface area contributed by atoms with Crippen LogP contribution in [-0.4, -0.2) is 4.98 Å². The average Bonchev–Trinajstić information content (AvgIpc) is 3.33. The summed E-state index contributed by atoms with van der Waals surface area (Å²) in [5.74, 6) is 0. The number of hydrogen-bond acceptors (Lipinski definition) is 2. The topological polar surface area (TPSA) is 12.9 Å². The van der Waals surface area contributed by atoms with Crippen LogP contribution in [0.3, 0.4) is 0 Å². The number of hydrogen-bond donors (Lipinski definition) is 0. The first-order valence-electron chi connectivity index (χ1n) is 9.16. The van der Waals surface area contributed by atoms with E-state index < -0.39 is 0 Å². The minimum atomic E-state index is 0. The summed E-state index contributed by atoms with van der Waals surface area (Å²) in [4.78, 5) is 4.11. The van der Waals surface area contributed by atoms with Crippen LogP contribution >= 0.6 is 24.8 Å². The summed E-state index contributed by atoms with van der Waals surface area (Å²) in [6.45, 7) is 0. The Balaban J connectivity index is 0.000000193. The Kier molecular flexibility index (Phi) is 10.3. The van der Waals surface area contributed by atoms with Crippen LogP contribution in [0.15, 0.2) is 89.7 Å². The van der Waals surface area contributed by atoms with Gasteiger partial charge in [0.15, 0.2) is 0 Å². The van der Waals surface area contributed by atoms with Crippen LogP contribution in [0.2, 0.25) is 0 Å². The molecule has 1 aliphatic rings. The molecular weight excluding hydrogens is 588 g/mol. The van der Waals surface area contributed by atoms with Gasteiger partial charge in [0.2, 0.25) is 0 Å². The maximum Gasteiger partial charge on any atom is -0.0771 e. The Bertz CT molecular complexity index is 1250. The zero-order valence-electron chi connectivity index (χ0n) is 16.3. The molecule has 0 unspecified atom stereocenters. The van der Waals surface area contributed by atoms with E-state index in [4.69, 9.17) is 0 Å². The number of nitrogens with zero attached hydrogens (tertiary/aromatic N) is 1. The van der Waals surface area contributed by atoms with E-state index in [2.05, 4.69) is 109 Å². The summed E-state index contributed by atoms with van der Waals surface area (Å²) in [7, 11) is 4.17. The molecule has 0 N–H and O–H groups in total. The first-order valence-corrected chi connectivity index (χ1v) is 13.4. The fourth-order valence-electron chi connectivity index (χ4n) is 3.83. The van der Waals surface area contributed by atoms with Crippen LogP contribution in [0.5, 0.6) is 0 Å². The molecule has 1 aliphatic carbocycles. The van der Waals surface area contributed by atoms with Crippen molar-refractivity contribution in [1.29, 1.82) is 0 Å². The SMILES string of the molecule is Brc1ccc2c(c1)Cc1[c-]cncc1-2.[Cl-].[Cl-].[S]=[Zr+2].c1ccc2c(c1)[cH-]c1ccccc12. The van der Waals surface area contributed by atoms with E-state index in [1.54, 1.807) is 6.20 Å². The van der Waals surface area contributed by atoms with Crippen LogP contribution in [0.25, 0.3) is 32.7 Å². The molecular formula is C25H16BrCl2NSZr-2. The summed E-state index contributed by atoms with van der Waals surface area (Å²) in [6.07, 6.45) is 4.64.